The van der Waals surface area contributed by atoms with Gasteiger partial charge in [-0.2, -0.15) is 4.98 Å². The van der Waals surface area contributed by atoms with E-state index >= 15 is 0 Å². The summed E-state index contributed by atoms with van der Waals surface area (Å²) < 4.78 is 5.21. The van der Waals surface area contributed by atoms with Crippen molar-refractivity contribution in [3.8, 4) is 0 Å². The molecule has 90 valence electrons. The summed E-state index contributed by atoms with van der Waals surface area (Å²) in [6.45, 7) is 1.95. The van der Waals surface area contributed by atoms with Crippen molar-refractivity contribution < 1.29 is 14.4 Å². The predicted molar refractivity (Wildman–Crippen MR) is 58.3 cm³/mol. The molecular weight excluding hydrogens is 220 g/mol. The quantitative estimate of drug-likeness (QED) is 0.804. The summed E-state index contributed by atoms with van der Waals surface area (Å²) >= 11 is 0. The molecule has 1 aromatic rings. The average Bonchev–Trinajstić information content (AvgIpc) is 3.02. The van der Waals surface area contributed by atoms with Gasteiger partial charge in [-0.25, -0.2) is 0 Å². The summed E-state index contributed by atoms with van der Waals surface area (Å²) in [7, 11) is 0. The first-order chi connectivity index (χ1) is 8.20. The Balaban J connectivity index is 1.95. The summed E-state index contributed by atoms with van der Waals surface area (Å²) in [5.74, 6) is 0.196. The fourth-order valence-electron chi connectivity index (χ4n) is 3.04. The Morgan fingerprint density at radius 2 is 2.29 bits per heavy atom. The molecule has 0 spiro atoms. The molecule has 0 aliphatic heterocycles. The predicted octanol–water partition coefficient (Wildman–Crippen LogP) is 1.62. The van der Waals surface area contributed by atoms with Crippen molar-refractivity contribution in [2.45, 2.75) is 25.7 Å². The van der Waals surface area contributed by atoms with Gasteiger partial charge >= 0.3 is 5.97 Å². The van der Waals surface area contributed by atoms with Crippen LogP contribution < -0.4 is 0 Å². The van der Waals surface area contributed by atoms with E-state index in [9.17, 15) is 9.90 Å². The van der Waals surface area contributed by atoms with Gasteiger partial charge < -0.3 is 9.63 Å². The number of rotatable bonds is 3. The molecule has 4 atom stereocenters. The van der Waals surface area contributed by atoms with E-state index in [-0.39, 0.29) is 17.8 Å². The summed E-state index contributed by atoms with van der Waals surface area (Å²) in [6.07, 6.45) is 5.70. The number of aromatic nitrogens is 2. The third-order valence-electron chi connectivity index (χ3n) is 3.83. The number of nitrogens with zero attached hydrogens (tertiary/aromatic N) is 2. The van der Waals surface area contributed by atoms with E-state index in [1.54, 1.807) is 0 Å². The molecule has 0 radical (unpaired) electrons. The third kappa shape index (κ3) is 1.49. The second kappa shape index (κ2) is 3.68. The van der Waals surface area contributed by atoms with E-state index in [0.717, 1.165) is 6.42 Å². The van der Waals surface area contributed by atoms with Crippen LogP contribution in [0.1, 0.15) is 31.0 Å². The van der Waals surface area contributed by atoms with E-state index in [2.05, 4.69) is 16.2 Å². The lowest BCUT2D eigenvalue weighted by Crippen LogP contribution is -2.26. The average molecular weight is 234 g/mol. The van der Waals surface area contributed by atoms with Crippen molar-refractivity contribution in [3.63, 3.8) is 0 Å². The zero-order valence-corrected chi connectivity index (χ0v) is 9.54. The SMILES string of the molecule is CCc1noc([C@H]2[C@@H](C(=O)O)[C@H]3C=C[C@@H]2C3)n1. The summed E-state index contributed by atoms with van der Waals surface area (Å²) in [6, 6.07) is 0. The highest BCUT2D eigenvalue weighted by Crippen LogP contribution is 2.52. The van der Waals surface area contributed by atoms with E-state index in [0.29, 0.717) is 18.1 Å². The molecule has 0 aromatic carbocycles. The Morgan fingerprint density at radius 1 is 1.53 bits per heavy atom. The van der Waals surface area contributed by atoms with Gasteiger partial charge in [0.1, 0.15) is 0 Å². The number of aryl methyl sites for hydroxylation is 1. The van der Waals surface area contributed by atoms with Gasteiger partial charge in [-0.1, -0.05) is 24.2 Å². The highest BCUT2D eigenvalue weighted by molar-refractivity contribution is 5.73. The van der Waals surface area contributed by atoms with Gasteiger partial charge in [0, 0.05) is 6.42 Å². The second-order valence-corrected chi connectivity index (χ2v) is 4.74. The molecule has 17 heavy (non-hydrogen) atoms. The maximum absolute atomic E-state index is 11.3. The first-order valence-corrected chi connectivity index (χ1v) is 5.94. The lowest BCUT2D eigenvalue weighted by Gasteiger charge is -2.20. The molecule has 2 bridgehead atoms. The maximum Gasteiger partial charge on any atom is 0.307 e. The van der Waals surface area contributed by atoms with E-state index in [1.807, 2.05) is 13.0 Å². The van der Waals surface area contributed by atoms with Crippen molar-refractivity contribution in [2.24, 2.45) is 17.8 Å². The molecule has 2 aliphatic carbocycles. The second-order valence-electron chi connectivity index (χ2n) is 4.74. The van der Waals surface area contributed by atoms with Gasteiger partial charge in [-0.3, -0.25) is 4.79 Å². The van der Waals surface area contributed by atoms with Crippen LogP contribution in [-0.2, 0) is 11.2 Å². The molecule has 0 unspecified atom stereocenters. The lowest BCUT2D eigenvalue weighted by atomic mass is 9.83. The Kier molecular flexibility index (Phi) is 2.28. The van der Waals surface area contributed by atoms with Gasteiger partial charge in [0.25, 0.3) is 0 Å². The fourth-order valence-corrected chi connectivity index (χ4v) is 3.04. The molecule has 2 aliphatic rings. The largest absolute Gasteiger partial charge is 0.481 e. The number of carboxylic acid groups (broad SMARTS) is 1. The minimum atomic E-state index is -0.761. The van der Waals surface area contributed by atoms with Crippen LogP contribution in [0.15, 0.2) is 16.7 Å². The van der Waals surface area contributed by atoms with Gasteiger partial charge in [0.15, 0.2) is 5.82 Å². The Morgan fingerprint density at radius 3 is 2.94 bits per heavy atom. The summed E-state index contributed by atoms with van der Waals surface area (Å²) in [5, 5.41) is 13.2. The Hall–Kier alpha value is -1.65. The van der Waals surface area contributed by atoms with Crippen LogP contribution in [0.3, 0.4) is 0 Å². The zero-order valence-electron chi connectivity index (χ0n) is 9.54. The van der Waals surface area contributed by atoms with Crippen molar-refractivity contribution >= 4 is 5.97 Å². The third-order valence-corrected chi connectivity index (χ3v) is 3.83. The number of carboxylic acids is 1. The molecule has 1 N–H and O–H groups in total. The molecule has 0 saturated heterocycles. The van der Waals surface area contributed by atoms with Crippen molar-refractivity contribution in [1.82, 2.24) is 10.1 Å². The lowest BCUT2D eigenvalue weighted by molar-refractivity contribution is -0.143. The molecule has 1 saturated carbocycles. The van der Waals surface area contributed by atoms with Gasteiger partial charge in [-0.05, 0) is 18.3 Å². The van der Waals surface area contributed by atoms with Gasteiger partial charge in [-0.15, -0.1) is 0 Å². The fraction of sp³-hybridized carbons (Fsp3) is 0.583. The summed E-state index contributed by atoms with van der Waals surface area (Å²) in [5.41, 5.74) is 0. The van der Waals surface area contributed by atoms with Crippen LogP contribution in [0.2, 0.25) is 0 Å². The Bertz CT molecular complexity index is 480. The Labute approximate surface area is 98.5 Å². The van der Waals surface area contributed by atoms with E-state index in [1.165, 1.54) is 0 Å². The van der Waals surface area contributed by atoms with Crippen LogP contribution in [0.25, 0.3) is 0 Å². The normalized spacial score (nSPS) is 34.4. The van der Waals surface area contributed by atoms with Crippen LogP contribution in [0.5, 0.6) is 0 Å². The number of carbonyl (C=O) groups is 1. The molecule has 3 rings (SSSR count). The number of allylic oxidation sites excluding steroid dienone is 2. The minimum absolute atomic E-state index is 0.125. The van der Waals surface area contributed by atoms with E-state index < -0.39 is 11.9 Å². The minimum Gasteiger partial charge on any atom is -0.481 e. The maximum atomic E-state index is 11.3. The van der Waals surface area contributed by atoms with Crippen LogP contribution >= 0.6 is 0 Å². The monoisotopic (exact) mass is 234 g/mol. The molecule has 0 amide bonds. The number of hydrogen-bond donors (Lipinski definition) is 1. The van der Waals surface area contributed by atoms with Gasteiger partial charge in [0.2, 0.25) is 5.89 Å². The van der Waals surface area contributed by atoms with Crippen molar-refractivity contribution in [3.05, 3.63) is 23.9 Å². The zero-order chi connectivity index (χ0) is 12.0. The summed E-state index contributed by atoms with van der Waals surface area (Å²) in [4.78, 5) is 15.6. The molecule has 1 aromatic heterocycles. The van der Waals surface area contributed by atoms with Crippen molar-refractivity contribution in [2.75, 3.05) is 0 Å². The number of hydrogen-bond acceptors (Lipinski definition) is 4. The van der Waals surface area contributed by atoms with Crippen LogP contribution in [0, 0.1) is 17.8 Å². The molecule has 5 nitrogen and oxygen atoms in total. The first kappa shape index (κ1) is 10.5. The van der Waals surface area contributed by atoms with Gasteiger partial charge in [0.05, 0.1) is 11.8 Å². The molecule has 1 heterocycles. The number of aliphatic carboxylic acids is 1. The number of fused-ring (bicyclic) bond motifs is 2. The van der Waals surface area contributed by atoms with Crippen LogP contribution in [-0.4, -0.2) is 21.2 Å². The smallest absolute Gasteiger partial charge is 0.307 e. The van der Waals surface area contributed by atoms with E-state index in [4.69, 9.17) is 4.52 Å². The highest BCUT2D eigenvalue weighted by atomic mass is 16.5. The topological polar surface area (TPSA) is 76.2 Å². The van der Waals surface area contributed by atoms with Crippen molar-refractivity contribution in [1.29, 1.82) is 0 Å². The molecular formula is C12H14N2O3. The molecule has 5 heteroatoms. The first-order valence-electron chi connectivity index (χ1n) is 5.94. The highest BCUT2D eigenvalue weighted by Gasteiger charge is 2.51. The van der Waals surface area contributed by atoms with Crippen LogP contribution in [0.4, 0.5) is 0 Å². The standard InChI is InChI=1S/C12H14N2O3/c1-2-8-13-11(17-14-8)9-6-3-4-7(5-6)10(9)12(15)16/h3-4,6-7,9-10H,2,5H2,1H3,(H,15,16)/t6-,7+,9-,10+/m1/s1. The molecule has 1 fully saturated rings.